The zero-order valence-electron chi connectivity index (χ0n) is 18.9. The molecule has 33 heavy (non-hydrogen) atoms. The summed E-state index contributed by atoms with van der Waals surface area (Å²) < 4.78 is 31.9. The van der Waals surface area contributed by atoms with E-state index in [1.807, 2.05) is 37.2 Å². The molecule has 4 rings (SSSR count). The smallest absolute Gasteiger partial charge is 0.231 e. The molecule has 174 valence electrons. The minimum absolute atomic E-state index is 0.234. The fourth-order valence-corrected chi connectivity index (χ4v) is 3.63. The van der Waals surface area contributed by atoms with Crippen molar-refractivity contribution in [1.29, 1.82) is 0 Å². The van der Waals surface area contributed by atoms with Gasteiger partial charge in [-0.15, -0.1) is 0 Å². The number of carbonyl (C=O) groups is 1. The van der Waals surface area contributed by atoms with Gasteiger partial charge in [0.1, 0.15) is 36.3 Å². The summed E-state index contributed by atoms with van der Waals surface area (Å²) >= 11 is 0. The summed E-state index contributed by atoms with van der Waals surface area (Å²) in [4.78, 5) is 15.0. The number of benzene rings is 2. The highest BCUT2D eigenvalue weighted by molar-refractivity contribution is 5.95. The van der Waals surface area contributed by atoms with Crippen LogP contribution in [0.5, 0.6) is 17.2 Å². The van der Waals surface area contributed by atoms with Gasteiger partial charge in [-0.2, -0.15) is 5.10 Å². The standard InChI is InChI=1S/C24H27FN4O4/c1-29(2)6-7-32-23-10-19(17-12-26-27-13-17)20(25)11-21(23)28-24(30)16-8-15-9-18(31-3)4-5-22(15)33-14-16/h4-5,9-13,16H,6-8,14H2,1-3H3,(H,26,27)(H,28,30). The van der Waals surface area contributed by atoms with Gasteiger partial charge in [-0.25, -0.2) is 4.39 Å². The van der Waals surface area contributed by atoms with Crippen molar-refractivity contribution in [3.8, 4) is 28.4 Å². The zero-order chi connectivity index (χ0) is 23.4. The number of aromatic nitrogens is 2. The zero-order valence-corrected chi connectivity index (χ0v) is 18.9. The number of carbonyl (C=O) groups excluding carboxylic acids is 1. The molecule has 1 aromatic heterocycles. The van der Waals surface area contributed by atoms with Crippen LogP contribution in [0.3, 0.4) is 0 Å². The molecule has 2 N–H and O–H groups in total. The third-order valence-corrected chi connectivity index (χ3v) is 5.48. The van der Waals surface area contributed by atoms with Gasteiger partial charge < -0.3 is 24.4 Å². The number of nitrogens with zero attached hydrogens (tertiary/aromatic N) is 2. The maximum Gasteiger partial charge on any atom is 0.231 e. The van der Waals surface area contributed by atoms with Crippen molar-refractivity contribution in [2.45, 2.75) is 6.42 Å². The summed E-state index contributed by atoms with van der Waals surface area (Å²) in [5.41, 5.74) is 2.10. The normalized spacial score (nSPS) is 15.0. The second kappa shape index (κ2) is 9.91. The number of halogens is 1. The van der Waals surface area contributed by atoms with Gasteiger partial charge in [0.05, 0.1) is 24.9 Å². The molecular weight excluding hydrogens is 427 g/mol. The highest BCUT2D eigenvalue weighted by atomic mass is 19.1. The minimum Gasteiger partial charge on any atom is -0.497 e. The number of amides is 1. The summed E-state index contributed by atoms with van der Waals surface area (Å²) in [7, 11) is 5.46. The van der Waals surface area contributed by atoms with Crippen molar-refractivity contribution in [1.82, 2.24) is 15.1 Å². The third kappa shape index (κ3) is 5.25. The topological polar surface area (TPSA) is 88.7 Å². The highest BCUT2D eigenvalue weighted by Gasteiger charge is 2.27. The Hall–Kier alpha value is -3.59. The maximum atomic E-state index is 14.9. The molecule has 1 atom stereocenters. The van der Waals surface area contributed by atoms with Gasteiger partial charge in [-0.3, -0.25) is 9.89 Å². The molecular formula is C24H27FN4O4. The van der Waals surface area contributed by atoms with Crippen LogP contribution in [0, 0.1) is 11.7 Å². The Labute approximate surface area is 191 Å². The van der Waals surface area contributed by atoms with Gasteiger partial charge in [0.2, 0.25) is 5.91 Å². The summed E-state index contributed by atoms with van der Waals surface area (Å²) in [5.74, 6) is 0.644. The fourth-order valence-electron chi connectivity index (χ4n) is 3.63. The average Bonchev–Trinajstić information content (AvgIpc) is 3.34. The van der Waals surface area contributed by atoms with Crippen LogP contribution in [0.15, 0.2) is 42.7 Å². The van der Waals surface area contributed by atoms with E-state index in [-0.39, 0.29) is 18.2 Å². The molecule has 0 saturated heterocycles. The monoisotopic (exact) mass is 454 g/mol. The first-order valence-electron chi connectivity index (χ1n) is 10.7. The van der Waals surface area contributed by atoms with Crippen LogP contribution < -0.4 is 19.5 Å². The van der Waals surface area contributed by atoms with Crippen LogP contribution in [-0.2, 0) is 11.2 Å². The van der Waals surface area contributed by atoms with Crippen LogP contribution in [0.25, 0.3) is 11.1 Å². The van der Waals surface area contributed by atoms with E-state index in [9.17, 15) is 9.18 Å². The number of likely N-dealkylation sites (N-methyl/N-ethyl adjacent to an activating group) is 1. The second-order valence-electron chi connectivity index (χ2n) is 8.14. The van der Waals surface area contributed by atoms with Crippen LogP contribution in [0.1, 0.15) is 5.56 Å². The van der Waals surface area contributed by atoms with Crippen LogP contribution >= 0.6 is 0 Å². The van der Waals surface area contributed by atoms with E-state index in [2.05, 4.69) is 15.5 Å². The highest BCUT2D eigenvalue weighted by Crippen LogP contribution is 2.35. The summed E-state index contributed by atoms with van der Waals surface area (Å²) in [5, 5.41) is 9.41. The lowest BCUT2D eigenvalue weighted by atomic mass is 9.95. The lowest BCUT2D eigenvalue weighted by molar-refractivity contribution is -0.121. The molecule has 9 heteroatoms. The van der Waals surface area contributed by atoms with Crippen molar-refractivity contribution in [2.24, 2.45) is 5.92 Å². The Morgan fingerprint density at radius 3 is 2.91 bits per heavy atom. The molecule has 1 aliphatic heterocycles. The fraction of sp³-hybridized carbons (Fsp3) is 0.333. The number of hydrogen-bond donors (Lipinski definition) is 2. The lowest BCUT2D eigenvalue weighted by Gasteiger charge is -2.25. The predicted octanol–water partition coefficient (Wildman–Crippen LogP) is 3.35. The Morgan fingerprint density at radius 1 is 1.33 bits per heavy atom. The lowest BCUT2D eigenvalue weighted by Crippen LogP contribution is -2.32. The molecule has 0 spiro atoms. The van der Waals surface area contributed by atoms with E-state index in [4.69, 9.17) is 14.2 Å². The molecule has 0 bridgehead atoms. The molecule has 0 fully saturated rings. The van der Waals surface area contributed by atoms with Gasteiger partial charge in [0, 0.05) is 29.9 Å². The number of nitrogens with one attached hydrogen (secondary N) is 2. The van der Waals surface area contributed by atoms with Crippen molar-refractivity contribution in [3.63, 3.8) is 0 Å². The number of fused-ring (bicyclic) bond motifs is 1. The van der Waals surface area contributed by atoms with Crippen molar-refractivity contribution in [2.75, 3.05) is 46.3 Å². The first-order valence-corrected chi connectivity index (χ1v) is 10.7. The van der Waals surface area contributed by atoms with Crippen LogP contribution in [0.4, 0.5) is 10.1 Å². The number of hydrogen-bond acceptors (Lipinski definition) is 6. The molecule has 0 radical (unpaired) electrons. The number of methoxy groups -OCH3 is 1. The van der Waals surface area contributed by atoms with Crippen LogP contribution in [-0.4, -0.2) is 62.0 Å². The average molecular weight is 455 g/mol. The van der Waals surface area contributed by atoms with E-state index < -0.39 is 11.7 Å². The number of aromatic amines is 1. The molecule has 8 nitrogen and oxygen atoms in total. The summed E-state index contributed by atoms with van der Waals surface area (Å²) in [6.07, 6.45) is 3.63. The molecule has 1 unspecified atom stereocenters. The maximum absolute atomic E-state index is 14.9. The van der Waals surface area contributed by atoms with E-state index in [0.29, 0.717) is 42.2 Å². The Kier molecular flexibility index (Phi) is 6.79. The molecule has 3 aromatic rings. The van der Waals surface area contributed by atoms with E-state index in [0.717, 1.165) is 11.3 Å². The first-order chi connectivity index (χ1) is 15.9. The molecule has 1 amide bonds. The number of ether oxygens (including phenoxy) is 3. The Bertz CT molecular complexity index is 1120. The molecule has 2 aromatic carbocycles. The number of rotatable bonds is 8. The molecule has 2 heterocycles. The SMILES string of the molecule is COc1ccc2c(c1)CC(C(=O)Nc1cc(F)c(-c3cn[nH]c3)cc1OCCN(C)C)CO2. The number of H-pyrrole nitrogens is 1. The van der Waals surface area contributed by atoms with E-state index in [1.165, 1.54) is 12.3 Å². The predicted molar refractivity (Wildman–Crippen MR) is 122 cm³/mol. The molecule has 1 aliphatic rings. The van der Waals surface area contributed by atoms with Crippen LogP contribution in [0.2, 0.25) is 0 Å². The summed E-state index contributed by atoms with van der Waals surface area (Å²) in [6.45, 7) is 1.28. The van der Waals surface area contributed by atoms with Crippen molar-refractivity contribution in [3.05, 3.63) is 54.1 Å². The van der Waals surface area contributed by atoms with E-state index in [1.54, 1.807) is 19.4 Å². The van der Waals surface area contributed by atoms with Gasteiger partial charge >= 0.3 is 0 Å². The third-order valence-electron chi connectivity index (χ3n) is 5.48. The second-order valence-corrected chi connectivity index (χ2v) is 8.14. The first kappa shape index (κ1) is 22.6. The number of anilines is 1. The van der Waals surface area contributed by atoms with Gasteiger partial charge in [0.15, 0.2) is 0 Å². The summed E-state index contributed by atoms with van der Waals surface area (Å²) in [6, 6.07) is 8.39. The van der Waals surface area contributed by atoms with Crippen molar-refractivity contribution < 1.29 is 23.4 Å². The quantitative estimate of drug-likeness (QED) is 0.543. The van der Waals surface area contributed by atoms with E-state index >= 15 is 0 Å². The Morgan fingerprint density at radius 2 is 2.18 bits per heavy atom. The largest absolute Gasteiger partial charge is 0.497 e. The van der Waals surface area contributed by atoms with Gasteiger partial charge in [0.25, 0.3) is 0 Å². The minimum atomic E-state index is -0.485. The van der Waals surface area contributed by atoms with Gasteiger partial charge in [-0.1, -0.05) is 0 Å². The van der Waals surface area contributed by atoms with Crippen molar-refractivity contribution >= 4 is 11.6 Å². The van der Waals surface area contributed by atoms with Gasteiger partial charge in [-0.05, 0) is 50.3 Å². The Balaban J connectivity index is 1.55. The molecule has 0 saturated carbocycles. The molecule has 0 aliphatic carbocycles.